The van der Waals surface area contributed by atoms with Crippen molar-refractivity contribution in [2.24, 2.45) is 0 Å². The smallest absolute Gasteiger partial charge is 0.338 e. The van der Waals surface area contributed by atoms with Crippen LogP contribution in [0.2, 0.25) is 5.02 Å². The van der Waals surface area contributed by atoms with Crippen LogP contribution in [0.25, 0.3) is 39.3 Å². The molecule has 2 atom stereocenters. The average molecular weight is 1070 g/mol. The number of fused-ring (bicyclic) bond motifs is 8. The Labute approximate surface area is 448 Å². The summed E-state index contributed by atoms with van der Waals surface area (Å²) in [6.07, 6.45) is 2.18. The number of carbonyl (C=O) groups excluding carboxylic acids is 2. The second kappa shape index (κ2) is 22.2. The van der Waals surface area contributed by atoms with Gasteiger partial charge in [-0.1, -0.05) is 50.2 Å². The number of aromatic amines is 2. The molecule has 0 radical (unpaired) electrons. The Morgan fingerprint density at radius 2 is 1.66 bits per heavy atom. The second-order valence-corrected chi connectivity index (χ2v) is 20.6. The molecule has 0 spiro atoms. The van der Waals surface area contributed by atoms with Crippen LogP contribution in [-0.2, 0) is 32.0 Å². The van der Waals surface area contributed by atoms with Gasteiger partial charge in [-0.15, -0.1) is 11.3 Å². The first-order valence-electron chi connectivity index (χ1n) is 25.2. The van der Waals surface area contributed by atoms with Gasteiger partial charge in [0.1, 0.15) is 29.8 Å². The zero-order valence-electron chi connectivity index (χ0n) is 43.5. The maximum Gasteiger partial charge on any atom is 0.338 e. The predicted octanol–water partition coefficient (Wildman–Crippen LogP) is 10.3. The van der Waals surface area contributed by atoms with Gasteiger partial charge in [0, 0.05) is 101 Å². The number of H-pyrrole nitrogens is 2. The summed E-state index contributed by atoms with van der Waals surface area (Å²) in [6.45, 7) is 20.7. The molecule has 0 unspecified atom stereocenters. The van der Waals surface area contributed by atoms with E-state index in [1.807, 2.05) is 64.1 Å². The minimum absolute atomic E-state index is 0.0574. The number of aryl methyl sites for hydroxylation is 5. The van der Waals surface area contributed by atoms with E-state index in [0.29, 0.717) is 89.3 Å². The Morgan fingerprint density at radius 3 is 2.37 bits per heavy atom. The molecule has 0 saturated carbocycles. The molecule has 8 bridgehead atoms. The Kier molecular flexibility index (Phi) is 15.5. The van der Waals surface area contributed by atoms with E-state index in [1.54, 1.807) is 18.4 Å². The van der Waals surface area contributed by atoms with Crippen molar-refractivity contribution < 1.29 is 34.1 Å². The number of carbonyl (C=O) groups is 4. The summed E-state index contributed by atoms with van der Waals surface area (Å²) in [6, 6.07) is 13.1. The van der Waals surface area contributed by atoms with Crippen molar-refractivity contribution >= 4 is 108 Å². The number of allylic oxidation sites excluding steroid dienone is 1. The van der Waals surface area contributed by atoms with Gasteiger partial charge in [0.05, 0.1) is 39.8 Å². The number of amides is 1. The third-order valence-corrected chi connectivity index (χ3v) is 15.6. The lowest BCUT2D eigenvalue weighted by atomic mass is 9.84. The number of hydrogen-bond acceptors (Lipinski definition) is 14. The third-order valence-electron chi connectivity index (χ3n) is 14.6. The van der Waals surface area contributed by atoms with Crippen molar-refractivity contribution in [1.82, 2.24) is 39.8 Å². The van der Waals surface area contributed by atoms with Gasteiger partial charge in [0.15, 0.2) is 5.13 Å². The van der Waals surface area contributed by atoms with Gasteiger partial charge in [-0.25, -0.2) is 24.7 Å². The molecule has 6 N–H and O–H groups in total. The number of halogens is 1. The van der Waals surface area contributed by atoms with E-state index in [2.05, 4.69) is 66.9 Å². The molecule has 20 heteroatoms. The summed E-state index contributed by atoms with van der Waals surface area (Å²) in [5.74, 6) is -2.16. The SMILES string of the molecule is C=Cc1c(C)c2cc3nc(c(CC(=O)OCCN4CCN(c5cc(Nc6nc(C(=O)Nc7c(C)cccc7Cl)cs6)nc(C)n5)CC4)c4nc(cc5[nH]c(cc1[nH]2)c(C)c5CC)C(C)=C4C(=O)O)[C@@H](CCC(=O)O)[C@@H]3C. The van der Waals surface area contributed by atoms with E-state index >= 15 is 0 Å². The first-order chi connectivity index (χ1) is 36.4. The van der Waals surface area contributed by atoms with Crippen molar-refractivity contribution in [2.45, 2.75) is 86.0 Å². The number of carboxylic acids is 2. The maximum absolute atomic E-state index is 14.2. The minimum atomic E-state index is -1.21. The zero-order chi connectivity index (χ0) is 54.1. The van der Waals surface area contributed by atoms with E-state index in [-0.39, 0.29) is 60.2 Å². The summed E-state index contributed by atoms with van der Waals surface area (Å²) in [5, 5.41) is 29.5. The van der Waals surface area contributed by atoms with Crippen molar-refractivity contribution in [2.75, 3.05) is 54.9 Å². The molecule has 76 heavy (non-hydrogen) atoms. The van der Waals surface area contributed by atoms with Gasteiger partial charge in [-0.05, 0) is 99.6 Å². The van der Waals surface area contributed by atoms with Gasteiger partial charge >= 0.3 is 17.9 Å². The van der Waals surface area contributed by atoms with E-state index < -0.39 is 23.8 Å². The summed E-state index contributed by atoms with van der Waals surface area (Å²) in [7, 11) is 0. The van der Waals surface area contributed by atoms with Crippen molar-refractivity contribution in [3.63, 3.8) is 0 Å². The van der Waals surface area contributed by atoms with Crippen LogP contribution in [0.15, 0.2) is 54.4 Å². The van der Waals surface area contributed by atoms with Gasteiger partial charge in [-0.3, -0.25) is 24.3 Å². The number of benzene rings is 1. The summed E-state index contributed by atoms with van der Waals surface area (Å²) in [5.41, 5.74) is 11.1. The standard InChI is InChI=1S/C56H60ClN11O7S/c1-9-34-29(4)39-23-41-31(6)36(14-15-48(69)70)52(62-41)37(53-50(55(73)74)32(7)42(63-53)25-44-35(10-2)30(5)40(61-44)24-43(34)60-39)22-49(71)75-21-20-67-16-18-68(19-17-67)47-26-46(58-33(8)59-47)65-56-64-45(27-76-56)54(72)66-51-28(3)12-11-13-38(51)57/h9,11-13,23-27,31,36,60-61H,1,10,14-22H2,2-8H3,(H,66,72)(H,69,70)(H,73,74)(H,58,59,64,65)/t31-,36-/m0/s1. The van der Waals surface area contributed by atoms with Gasteiger partial charge in [-0.2, -0.15) is 0 Å². The Morgan fingerprint density at radius 1 is 0.908 bits per heavy atom. The molecule has 8 heterocycles. The highest BCUT2D eigenvalue weighted by molar-refractivity contribution is 7.14. The topological polar surface area (TPSA) is 245 Å². The summed E-state index contributed by atoms with van der Waals surface area (Å²) >= 11 is 7.60. The lowest BCUT2D eigenvalue weighted by Crippen LogP contribution is -2.47. The molecule has 3 aliphatic rings. The third kappa shape index (κ3) is 11.0. The summed E-state index contributed by atoms with van der Waals surface area (Å²) in [4.78, 5) is 88.1. The van der Waals surface area contributed by atoms with Crippen LogP contribution in [-0.4, -0.2) is 113 Å². The van der Waals surface area contributed by atoms with Crippen LogP contribution in [0.1, 0.15) is 118 Å². The molecular formula is C56H60ClN11O7S. The molecule has 0 aliphatic carbocycles. The Balaban J connectivity index is 0.950. The number of esters is 1. The number of carboxylic acid groups (broad SMARTS) is 2. The number of ether oxygens (including phenoxy) is 1. The molecule has 394 valence electrons. The number of thiazole rings is 1. The molecule has 6 aromatic rings. The van der Waals surface area contributed by atoms with E-state index in [4.69, 9.17) is 31.3 Å². The molecule has 3 aliphatic heterocycles. The van der Waals surface area contributed by atoms with Gasteiger partial charge in [0.25, 0.3) is 5.91 Å². The quantitative estimate of drug-likeness (QED) is 0.0494. The molecule has 1 fully saturated rings. The fraction of sp³-hybridized carbons (Fsp3) is 0.339. The second-order valence-electron chi connectivity index (χ2n) is 19.3. The number of hydrogen-bond donors (Lipinski definition) is 6. The monoisotopic (exact) mass is 1070 g/mol. The molecule has 9 rings (SSSR count). The van der Waals surface area contributed by atoms with Gasteiger partial charge in [0.2, 0.25) is 0 Å². The normalized spacial score (nSPS) is 15.7. The van der Waals surface area contributed by atoms with Crippen molar-refractivity contribution in [3.8, 4) is 0 Å². The number of piperazine rings is 1. The highest BCUT2D eigenvalue weighted by Gasteiger charge is 2.36. The highest BCUT2D eigenvalue weighted by Crippen LogP contribution is 2.44. The zero-order valence-corrected chi connectivity index (χ0v) is 45.1. The lowest BCUT2D eigenvalue weighted by Gasteiger charge is -2.35. The highest BCUT2D eigenvalue weighted by atomic mass is 35.5. The van der Waals surface area contributed by atoms with Crippen LogP contribution in [0, 0.1) is 27.7 Å². The number of anilines is 4. The lowest BCUT2D eigenvalue weighted by molar-refractivity contribution is -0.143. The largest absolute Gasteiger partial charge is 0.481 e. The average Bonchev–Trinajstić information content (AvgIpc) is 4.23. The number of para-hydroxylation sites is 1. The molecule has 18 nitrogen and oxygen atoms in total. The molecule has 5 aromatic heterocycles. The van der Waals surface area contributed by atoms with Crippen LogP contribution in [0.5, 0.6) is 0 Å². The first-order valence-corrected chi connectivity index (χ1v) is 26.5. The first kappa shape index (κ1) is 53.1. The minimum Gasteiger partial charge on any atom is -0.481 e. The van der Waals surface area contributed by atoms with Crippen LogP contribution >= 0.6 is 22.9 Å². The van der Waals surface area contributed by atoms with Crippen LogP contribution < -0.4 is 15.5 Å². The number of nitrogens with zero attached hydrogens (tertiary/aromatic N) is 7. The fourth-order valence-electron chi connectivity index (χ4n) is 10.4. The van der Waals surface area contributed by atoms with Gasteiger partial charge < -0.3 is 40.5 Å². The Bertz CT molecular complexity index is 3520. The maximum atomic E-state index is 14.2. The van der Waals surface area contributed by atoms with Crippen molar-refractivity contribution in [3.05, 3.63) is 127 Å². The fourth-order valence-corrected chi connectivity index (χ4v) is 11.3. The molecule has 1 aromatic carbocycles. The summed E-state index contributed by atoms with van der Waals surface area (Å²) < 4.78 is 5.96. The number of nitrogens with one attached hydrogen (secondary N) is 4. The number of aromatic nitrogens is 7. The predicted molar refractivity (Wildman–Crippen MR) is 298 cm³/mol. The molecule has 1 amide bonds. The van der Waals surface area contributed by atoms with E-state index in [1.165, 1.54) is 11.3 Å². The number of aliphatic carboxylic acids is 2. The van der Waals surface area contributed by atoms with Crippen LogP contribution in [0.3, 0.4) is 0 Å². The Hall–Kier alpha value is -7.74. The van der Waals surface area contributed by atoms with E-state index in [9.17, 15) is 29.4 Å². The number of rotatable bonds is 16. The molecule has 1 saturated heterocycles. The van der Waals surface area contributed by atoms with Crippen LogP contribution in [0.4, 0.5) is 22.5 Å². The van der Waals surface area contributed by atoms with Crippen molar-refractivity contribution in [1.29, 1.82) is 0 Å². The molecular weight excluding hydrogens is 1010 g/mol. The van der Waals surface area contributed by atoms with E-state index in [0.717, 1.165) is 55.7 Å².